The van der Waals surface area contributed by atoms with E-state index in [0.29, 0.717) is 47.7 Å². The summed E-state index contributed by atoms with van der Waals surface area (Å²) in [6.45, 7) is 6.48. The van der Waals surface area contributed by atoms with Crippen molar-refractivity contribution in [1.82, 2.24) is 15.1 Å². The Morgan fingerprint density at radius 1 is 1.32 bits per heavy atom. The summed E-state index contributed by atoms with van der Waals surface area (Å²) in [6.07, 6.45) is 0.679. The number of nitrogens with one attached hydrogen (secondary N) is 2. The Labute approximate surface area is 225 Å². The first-order valence-electron chi connectivity index (χ1n) is 12.9. The van der Waals surface area contributed by atoms with Crippen molar-refractivity contribution in [1.29, 1.82) is 0 Å². The van der Waals surface area contributed by atoms with Gasteiger partial charge in [-0.15, -0.1) is 0 Å². The molecule has 1 unspecified atom stereocenters. The number of hydrogen-bond donors (Lipinski definition) is 3. The SMILES string of the molecule is [B]C(CCC=O)(C(=O)NC)N1Cc2c(NCc3cc(CN(CCO)CC(C)C)ccc3F)cccc2C1=O. The summed E-state index contributed by atoms with van der Waals surface area (Å²) in [7, 11) is 7.83. The minimum absolute atomic E-state index is 0.0131. The third kappa shape index (κ3) is 6.60. The maximum absolute atomic E-state index is 14.7. The van der Waals surface area contributed by atoms with Crippen molar-refractivity contribution >= 4 is 31.6 Å². The lowest BCUT2D eigenvalue weighted by Gasteiger charge is -2.37. The lowest BCUT2D eigenvalue weighted by atomic mass is 9.71. The van der Waals surface area contributed by atoms with E-state index in [1.54, 1.807) is 24.3 Å². The number of likely N-dealkylation sites (N-methyl/N-ethyl adjacent to an activating group) is 1. The Balaban J connectivity index is 1.80. The van der Waals surface area contributed by atoms with Crippen LogP contribution in [0.3, 0.4) is 0 Å². The number of rotatable bonds is 14. The number of aldehydes is 1. The van der Waals surface area contributed by atoms with Crippen molar-refractivity contribution in [2.24, 2.45) is 5.92 Å². The Hall–Kier alpha value is -3.24. The second kappa shape index (κ2) is 13.0. The van der Waals surface area contributed by atoms with Crippen LogP contribution in [0.2, 0.25) is 0 Å². The molecule has 10 heteroatoms. The molecular formula is C28H36BFN4O4. The van der Waals surface area contributed by atoms with Gasteiger partial charge >= 0.3 is 0 Å². The van der Waals surface area contributed by atoms with E-state index in [1.807, 2.05) is 6.07 Å². The van der Waals surface area contributed by atoms with Gasteiger partial charge in [0.1, 0.15) is 19.9 Å². The first-order valence-corrected chi connectivity index (χ1v) is 12.9. The van der Waals surface area contributed by atoms with Gasteiger partial charge in [-0.1, -0.05) is 26.0 Å². The van der Waals surface area contributed by atoms with E-state index in [0.717, 1.165) is 12.1 Å². The lowest BCUT2D eigenvalue weighted by molar-refractivity contribution is -0.127. The maximum Gasteiger partial charge on any atom is 0.254 e. The summed E-state index contributed by atoms with van der Waals surface area (Å²) in [5.41, 5.74) is 1.43. The summed E-state index contributed by atoms with van der Waals surface area (Å²) in [4.78, 5) is 40.3. The normalized spacial score (nSPS) is 14.5. The van der Waals surface area contributed by atoms with Crippen molar-refractivity contribution in [3.63, 3.8) is 0 Å². The van der Waals surface area contributed by atoms with Crippen LogP contribution in [0.15, 0.2) is 36.4 Å². The van der Waals surface area contributed by atoms with E-state index in [1.165, 1.54) is 18.0 Å². The Morgan fingerprint density at radius 3 is 2.74 bits per heavy atom. The molecule has 0 bridgehead atoms. The molecule has 8 nitrogen and oxygen atoms in total. The van der Waals surface area contributed by atoms with E-state index in [9.17, 15) is 23.9 Å². The van der Waals surface area contributed by atoms with Crippen LogP contribution in [0, 0.1) is 11.7 Å². The average Bonchev–Trinajstić information content (AvgIpc) is 3.24. The van der Waals surface area contributed by atoms with E-state index in [4.69, 9.17) is 7.85 Å². The molecule has 0 fully saturated rings. The van der Waals surface area contributed by atoms with Crippen molar-refractivity contribution < 1.29 is 23.9 Å². The highest BCUT2D eigenvalue weighted by atomic mass is 19.1. The summed E-state index contributed by atoms with van der Waals surface area (Å²) >= 11 is 0. The first kappa shape index (κ1) is 29.3. The molecule has 0 aromatic heterocycles. The first-order chi connectivity index (χ1) is 18.1. The minimum Gasteiger partial charge on any atom is -0.395 e. The minimum atomic E-state index is -1.68. The predicted molar refractivity (Wildman–Crippen MR) is 145 cm³/mol. The number of hydrogen-bond acceptors (Lipinski definition) is 6. The summed E-state index contributed by atoms with van der Waals surface area (Å²) < 4.78 is 14.7. The fraction of sp³-hybridized carbons (Fsp3) is 0.464. The van der Waals surface area contributed by atoms with Crippen molar-refractivity contribution in [2.45, 2.75) is 51.8 Å². The molecule has 202 valence electrons. The predicted octanol–water partition coefficient (Wildman–Crippen LogP) is 2.43. The molecule has 0 saturated carbocycles. The van der Waals surface area contributed by atoms with Gasteiger partial charge in [-0.25, -0.2) is 4.39 Å². The molecule has 2 aromatic rings. The number of aliphatic hydroxyl groups excluding tert-OH is 1. The molecule has 0 spiro atoms. The zero-order chi connectivity index (χ0) is 27.9. The quantitative estimate of drug-likeness (QED) is 0.260. The smallest absolute Gasteiger partial charge is 0.254 e. The molecule has 2 amide bonds. The highest BCUT2D eigenvalue weighted by Crippen LogP contribution is 2.35. The second-order valence-corrected chi connectivity index (χ2v) is 10.1. The van der Waals surface area contributed by atoms with Crippen molar-refractivity contribution in [3.05, 3.63) is 64.5 Å². The van der Waals surface area contributed by atoms with E-state index in [2.05, 4.69) is 29.4 Å². The van der Waals surface area contributed by atoms with Crippen LogP contribution >= 0.6 is 0 Å². The van der Waals surface area contributed by atoms with Gasteiger partial charge in [-0.3, -0.25) is 14.5 Å². The van der Waals surface area contributed by atoms with Crippen LogP contribution in [0.1, 0.15) is 53.7 Å². The van der Waals surface area contributed by atoms with Crippen LogP contribution in [-0.4, -0.2) is 73.0 Å². The molecular weight excluding hydrogens is 486 g/mol. The molecule has 0 aliphatic carbocycles. The fourth-order valence-electron chi connectivity index (χ4n) is 4.89. The Morgan fingerprint density at radius 2 is 2.08 bits per heavy atom. The van der Waals surface area contributed by atoms with Gasteiger partial charge in [0.05, 0.1) is 12.0 Å². The number of benzene rings is 2. The van der Waals surface area contributed by atoms with Crippen molar-refractivity contribution in [3.8, 4) is 0 Å². The second-order valence-electron chi connectivity index (χ2n) is 10.1. The van der Waals surface area contributed by atoms with Gasteiger partial charge in [0.15, 0.2) is 0 Å². The molecule has 2 aromatic carbocycles. The number of fused-ring (bicyclic) bond motifs is 1. The number of anilines is 1. The monoisotopic (exact) mass is 522 g/mol. The molecule has 3 rings (SSSR count). The topological polar surface area (TPSA) is 102 Å². The molecule has 38 heavy (non-hydrogen) atoms. The third-order valence-corrected chi connectivity index (χ3v) is 6.74. The summed E-state index contributed by atoms with van der Waals surface area (Å²) in [5, 5.41) is 15.1. The van der Waals surface area contributed by atoms with E-state index >= 15 is 0 Å². The van der Waals surface area contributed by atoms with Crippen LogP contribution in [0.25, 0.3) is 0 Å². The average molecular weight is 522 g/mol. The van der Waals surface area contributed by atoms with Crippen LogP contribution < -0.4 is 10.6 Å². The number of carbonyl (C=O) groups excluding carboxylic acids is 3. The van der Waals surface area contributed by atoms with E-state index in [-0.39, 0.29) is 38.4 Å². The zero-order valence-corrected chi connectivity index (χ0v) is 22.3. The largest absolute Gasteiger partial charge is 0.395 e. The number of aliphatic hydroxyl groups is 1. The fourth-order valence-corrected chi connectivity index (χ4v) is 4.89. The summed E-state index contributed by atoms with van der Waals surface area (Å²) in [5.74, 6) is -0.872. The molecule has 0 saturated heterocycles. The molecule has 3 N–H and O–H groups in total. The van der Waals surface area contributed by atoms with Crippen LogP contribution in [0.5, 0.6) is 0 Å². The van der Waals surface area contributed by atoms with E-state index < -0.39 is 17.3 Å². The lowest BCUT2D eigenvalue weighted by Crippen LogP contribution is -2.59. The van der Waals surface area contributed by atoms with Gasteiger partial charge in [0.2, 0.25) is 5.91 Å². The number of halogens is 1. The standard InChI is InChI=1S/C28H36BFN4O4/c1-19(2)16-33(11-13-36)17-20-8-9-24(30)21(14-20)15-32-25-7-4-6-22-23(25)18-34(26(22)37)28(29,10-5-12-35)27(38)31-3/h4,6-9,12,14,19,32,36H,5,10-11,13,15-18H2,1-3H3,(H,31,38). The molecule has 2 radical (unpaired) electrons. The van der Waals surface area contributed by atoms with Gasteiger partial charge in [0, 0.05) is 68.6 Å². The molecule has 1 heterocycles. The Bertz CT molecular complexity index is 1160. The summed E-state index contributed by atoms with van der Waals surface area (Å²) in [6, 6.07) is 10.2. The van der Waals surface area contributed by atoms with Gasteiger partial charge in [-0.2, -0.15) is 0 Å². The molecule has 1 aliphatic rings. The van der Waals surface area contributed by atoms with Gasteiger partial charge < -0.3 is 25.4 Å². The van der Waals surface area contributed by atoms with Crippen LogP contribution in [-0.2, 0) is 29.2 Å². The number of amides is 2. The third-order valence-electron chi connectivity index (χ3n) is 6.74. The van der Waals surface area contributed by atoms with Crippen molar-refractivity contribution in [2.75, 3.05) is 32.1 Å². The number of carbonyl (C=O) groups is 3. The van der Waals surface area contributed by atoms with Gasteiger partial charge in [-0.05, 0) is 42.2 Å². The van der Waals surface area contributed by atoms with Crippen LogP contribution in [0.4, 0.5) is 10.1 Å². The highest BCUT2D eigenvalue weighted by molar-refractivity contribution is 6.30. The Kier molecular flexibility index (Phi) is 10.0. The maximum atomic E-state index is 14.7. The number of nitrogens with zero attached hydrogens (tertiary/aromatic N) is 2. The molecule has 1 atom stereocenters. The zero-order valence-electron chi connectivity index (χ0n) is 22.3. The van der Waals surface area contributed by atoms with Gasteiger partial charge in [0.25, 0.3) is 5.91 Å². The highest BCUT2D eigenvalue weighted by Gasteiger charge is 2.45. The molecule has 1 aliphatic heterocycles.